The molecule has 2 heteroatoms. The van der Waals surface area contributed by atoms with Crippen molar-refractivity contribution in [1.29, 1.82) is 0 Å². The van der Waals surface area contributed by atoms with Gasteiger partial charge in [-0.3, -0.25) is 4.79 Å². The zero-order valence-corrected chi connectivity index (χ0v) is 11.0. The molecule has 2 rings (SSSR count). The Bertz CT molecular complexity index is 433. The molecule has 1 fully saturated rings. The van der Waals surface area contributed by atoms with E-state index in [1.54, 1.807) is 0 Å². The average Bonchev–Trinajstić information content (AvgIpc) is 2.22. The first-order valence-electron chi connectivity index (χ1n) is 6.36. The van der Waals surface area contributed by atoms with Crippen molar-refractivity contribution in [3.63, 3.8) is 0 Å². The van der Waals surface area contributed by atoms with E-state index in [2.05, 4.69) is 18.3 Å². The summed E-state index contributed by atoms with van der Waals surface area (Å²) in [7, 11) is 1.93. The van der Waals surface area contributed by atoms with Crippen molar-refractivity contribution in [2.24, 2.45) is 5.41 Å². The van der Waals surface area contributed by atoms with Crippen LogP contribution < -0.4 is 5.32 Å². The number of rotatable bonds is 4. The topological polar surface area (TPSA) is 29.1 Å². The maximum Gasteiger partial charge on any atom is 0.170 e. The van der Waals surface area contributed by atoms with Crippen molar-refractivity contribution in [2.45, 2.75) is 33.1 Å². The predicted octanol–water partition coefficient (Wildman–Crippen LogP) is 2.88. The van der Waals surface area contributed by atoms with Gasteiger partial charge in [-0.1, -0.05) is 30.2 Å². The molecule has 1 N–H and O–H groups in total. The third-order valence-corrected chi connectivity index (χ3v) is 3.93. The van der Waals surface area contributed by atoms with Crippen LogP contribution in [0.4, 0.5) is 0 Å². The number of Topliss-reactive ketones (excluding diaryl/α,β-unsaturated/α-hetero) is 1. The highest BCUT2D eigenvalue weighted by atomic mass is 16.1. The Kier molecular flexibility index (Phi) is 3.34. The Labute approximate surface area is 103 Å². The van der Waals surface area contributed by atoms with E-state index < -0.39 is 0 Å². The third kappa shape index (κ3) is 2.14. The minimum absolute atomic E-state index is 0.130. The van der Waals surface area contributed by atoms with E-state index in [4.69, 9.17) is 0 Å². The van der Waals surface area contributed by atoms with Gasteiger partial charge in [-0.2, -0.15) is 0 Å². The molecule has 1 aliphatic carbocycles. The second-order valence-corrected chi connectivity index (χ2v) is 5.31. The van der Waals surface area contributed by atoms with Crippen molar-refractivity contribution >= 4 is 5.78 Å². The molecule has 1 saturated carbocycles. The van der Waals surface area contributed by atoms with Crippen LogP contribution in [0.3, 0.4) is 0 Å². The first-order chi connectivity index (χ1) is 8.09. The molecule has 0 bridgehead atoms. The largest absolute Gasteiger partial charge is 0.319 e. The van der Waals surface area contributed by atoms with E-state index in [1.807, 2.05) is 26.1 Å². The summed E-state index contributed by atoms with van der Waals surface area (Å²) in [4.78, 5) is 12.6. The molecular weight excluding hydrogens is 210 g/mol. The smallest absolute Gasteiger partial charge is 0.170 e. The summed E-state index contributed by atoms with van der Waals surface area (Å²) < 4.78 is 0. The van der Waals surface area contributed by atoms with Gasteiger partial charge in [0.25, 0.3) is 0 Å². The lowest BCUT2D eigenvalue weighted by Crippen LogP contribution is -2.45. The summed E-state index contributed by atoms with van der Waals surface area (Å²) in [6, 6.07) is 6.12. The zero-order chi connectivity index (χ0) is 12.5. The third-order valence-electron chi connectivity index (χ3n) is 3.93. The van der Waals surface area contributed by atoms with Crippen LogP contribution in [0.1, 0.15) is 40.7 Å². The molecule has 17 heavy (non-hydrogen) atoms. The van der Waals surface area contributed by atoms with Crippen molar-refractivity contribution in [2.75, 3.05) is 13.6 Å². The number of hydrogen-bond donors (Lipinski definition) is 1. The fourth-order valence-corrected chi connectivity index (χ4v) is 2.78. The minimum atomic E-state index is -0.130. The van der Waals surface area contributed by atoms with E-state index >= 15 is 0 Å². The van der Waals surface area contributed by atoms with Crippen LogP contribution in [-0.2, 0) is 0 Å². The maximum atomic E-state index is 12.6. The number of carbonyl (C=O) groups is 1. The first-order valence-corrected chi connectivity index (χ1v) is 6.36. The Morgan fingerprint density at radius 1 is 1.35 bits per heavy atom. The molecule has 0 amide bonds. The fourth-order valence-electron chi connectivity index (χ4n) is 2.78. The number of hydrogen-bond acceptors (Lipinski definition) is 2. The van der Waals surface area contributed by atoms with E-state index in [-0.39, 0.29) is 5.41 Å². The van der Waals surface area contributed by atoms with E-state index in [1.165, 1.54) is 12.0 Å². The summed E-state index contributed by atoms with van der Waals surface area (Å²) in [5.41, 5.74) is 3.10. The lowest BCUT2D eigenvalue weighted by atomic mass is 9.64. The van der Waals surface area contributed by atoms with Gasteiger partial charge in [0, 0.05) is 17.5 Å². The van der Waals surface area contributed by atoms with Crippen molar-refractivity contribution in [3.8, 4) is 0 Å². The van der Waals surface area contributed by atoms with Gasteiger partial charge in [0.2, 0.25) is 0 Å². The molecular formula is C15H21NO. The number of benzene rings is 1. The van der Waals surface area contributed by atoms with Gasteiger partial charge >= 0.3 is 0 Å². The predicted molar refractivity (Wildman–Crippen MR) is 70.5 cm³/mol. The molecule has 0 heterocycles. The molecule has 0 unspecified atom stereocenters. The molecule has 2 nitrogen and oxygen atoms in total. The van der Waals surface area contributed by atoms with Gasteiger partial charge in [0.15, 0.2) is 5.78 Å². The maximum absolute atomic E-state index is 12.6. The van der Waals surface area contributed by atoms with Crippen LogP contribution in [-0.4, -0.2) is 19.4 Å². The summed E-state index contributed by atoms with van der Waals surface area (Å²) in [5.74, 6) is 0.329. The van der Waals surface area contributed by atoms with Gasteiger partial charge in [0.05, 0.1) is 0 Å². The second-order valence-electron chi connectivity index (χ2n) is 5.31. The number of carbonyl (C=O) groups excluding carboxylic acids is 1. The number of nitrogens with one attached hydrogen (secondary N) is 1. The Hall–Kier alpha value is -1.15. The molecule has 0 atom stereocenters. The number of ketones is 1. The van der Waals surface area contributed by atoms with Crippen molar-refractivity contribution in [3.05, 3.63) is 34.9 Å². The molecule has 0 spiro atoms. The van der Waals surface area contributed by atoms with Crippen LogP contribution in [0.25, 0.3) is 0 Å². The summed E-state index contributed by atoms with van der Waals surface area (Å²) in [6.45, 7) is 4.90. The highest BCUT2D eigenvalue weighted by molar-refractivity contribution is 6.02. The quantitative estimate of drug-likeness (QED) is 0.807. The highest BCUT2D eigenvalue weighted by Crippen LogP contribution is 2.43. The van der Waals surface area contributed by atoms with E-state index in [9.17, 15) is 4.79 Å². The number of aryl methyl sites for hydroxylation is 2. The van der Waals surface area contributed by atoms with Crippen LogP contribution >= 0.6 is 0 Å². The molecule has 0 aromatic heterocycles. The molecule has 0 radical (unpaired) electrons. The second kappa shape index (κ2) is 4.61. The standard InChI is InChI=1S/C15H21NO/c1-11-5-6-13(12(2)9-11)14(17)15(10-16-3)7-4-8-15/h5-6,9,16H,4,7-8,10H2,1-3H3. The molecule has 1 aromatic rings. The minimum Gasteiger partial charge on any atom is -0.319 e. The fraction of sp³-hybridized carbons (Fsp3) is 0.533. The van der Waals surface area contributed by atoms with Crippen molar-refractivity contribution in [1.82, 2.24) is 5.32 Å². The summed E-state index contributed by atoms with van der Waals surface area (Å²) in [5, 5.41) is 3.17. The van der Waals surface area contributed by atoms with Crippen LogP contribution in [0, 0.1) is 19.3 Å². The van der Waals surface area contributed by atoms with E-state index in [0.717, 1.165) is 30.5 Å². The average molecular weight is 231 g/mol. The van der Waals surface area contributed by atoms with Crippen LogP contribution in [0.2, 0.25) is 0 Å². The van der Waals surface area contributed by atoms with Gasteiger partial charge < -0.3 is 5.32 Å². The van der Waals surface area contributed by atoms with Gasteiger partial charge in [0.1, 0.15) is 0 Å². The Morgan fingerprint density at radius 3 is 2.53 bits per heavy atom. The van der Waals surface area contributed by atoms with Crippen LogP contribution in [0.5, 0.6) is 0 Å². The van der Waals surface area contributed by atoms with Gasteiger partial charge in [-0.25, -0.2) is 0 Å². The molecule has 1 aliphatic rings. The Balaban J connectivity index is 2.30. The van der Waals surface area contributed by atoms with E-state index in [0.29, 0.717) is 5.78 Å². The summed E-state index contributed by atoms with van der Waals surface area (Å²) >= 11 is 0. The Morgan fingerprint density at radius 2 is 2.06 bits per heavy atom. The van der Waals surface area contributed by atoms with Crippen molar-refractivity contribution < 1.29 is 4.79 Å². The summed E-state index contributed by atoms with van der Waals surface area (Å²) in [6.07, 6.45) is 3.23. The molecule has 0 aliphatic heterocycles. The molecule has 0 saturated heterocycles. The molecule has 1 aromatic carbocycles. The highest BCUT2D eigenvalue weighted by Gasteiger charge is 2.43. The normalized spacial score (nSPS) is 17.6. The van der Waals surface area contributed by atoms with Gasteiger partial charge in [-0.05, 0) is 39.3 Å². The van der Waals surface area contributed by atoms with Gasteiger partial charge in [-0.15, -0.1) is 0 Å². The monoisotopic (exact) mass is 231 g/mol. The van der Waals surface area contributed by atoms with Crippen LogP contribution in [0.15, 0.2) is 18.2 Å². The lowest BCUT2D eigenvalue weighted by molar-refractivity contribution is 0.0614. The first kappa shape index (κ1) is 12.3. The lowest BCUT2D eigenvalue weighted by Gasteiger charge is -2.40. The zero-order valence-electron chi connectivity index (χ0n) is 11.0. The molecule has 92 valence electrons. The SMILES string of the molecule is CNCC1(C(=O)c2ccc(C)cc2C)CCC1.